The summed E-state index contributed by atoms with van der Waals surface area (Å²) in [6.45, 7) is 2.12. The average Bonchev–Trinajstić information content (AvgIpc) is 2.26. The van der Waals surface area contributed by atoms with Crippen molar-refractivity contribution in [2.24, 2.45) is 5.73 Å². The zero-order chi connectivity index (χ0) is 12.9. The smallest absolute Gasteiger partial charge is 0.175 e. The standard InChI is InChI=1S/C12H19NO2S2/c1-3-4-10(13)9-16-11-5-7-12(8-6-11)17(2,14)15/h5-8,10H,3-4,9,13H2,1-2H3. The largest absolute Gasteiger partial charge is 0.327 e. The lowest BCUT2D eigenvalue weighted by molar-refractivity contribution is 0.602. The van der Waals surface area contributed by atoms with Crippen molar-refractivity contribution in [1.29, 1.82) is 0 Å². The minimum absolute atomic E-state index is 0.208. The van der Waals surface area contributed by atoms with E-state index in [2.05, 4.69) is 6.92 Å². The van der Waals surface area contributed by atoms with Crippen LogP contribution < -0.4 is 5.73 Å². The summed E-state index contributed by atoms with van der Waals surface area (Å²) in [5.74, 6) is 0.867. The number of thioether (sulfide) groups is 1. The Bertz CT molecular complexity index is 440. The third-order valence-corrected chi connectivity index (χ3v) is 4.70. The van der Waals surface area contributed by atoms with Crippen LogP contribution in [0.2, 0.25) is 0 Å². The van der Waals surface area contributed by atoms with Crippen LogP contribution in [0.5, 0.6) is 0 Å². The predicted molar refractivity (Wildman–Crippen MR) is 73.2 cm³/mol. The Hall–Kier alpha value is -0.520. The molecule has 5 heteroatoms. The van der Waals surface area contributed by atoms with Gasteiger partial charge in [-0.25, -0.2) is 8.42 Å². The second-order valence-corrected chi connectivity index (χ2v) is 7.21. The van der Waals surface area contributed by atoms with Gasteiger partial charge < -0.3 is 5.73 Å². The van der Waals surface area contributed by atoms with Gasteiger partial charge in [0.15, 0.2) is 9.84 Å². The molecule has 1 unspecified atom stereocenters. The molecule has 0 bridgehead atoms. The van der Waals surface area contributed by atoms with Crippen LogP contribution in [0.1, 0.15) is 19.8 Å². The Labute approximate surface area is 108 Å². The SMILES string of the molecule is CCCC(N)CSc1ccc(S(C)(=O)=O)cc1. The van der Waals surface area contributed by atoms with Crippen LogP contribution >= 0.6 is 11.8 Å². The second-order valence-electron chi connectivity index (χ2n) is 4.10. The van der Waals surface area contributed by atoms with E-state index in [4.69, 9.17) is 5.73 Å². The summed E-state index contributed by atoms with van der Waals surface area (Å²) in [5.41, 5.74) is 5.91. The summed E-state index contributed by atoms with van der Waals surface area (Å²) in [6.07, 6.45) is 3.33. The number of hydrogen-bond donors (Lipinski definition) is 1. The van der Waals surface area contributed by atoms with Gasteiger partial charge in [0.25, 0.3) is 0 Å². The normalized spacial score (nSPS) is 13.6. The third kappa shape index (κ3) is 5.10. The van der Waals surface area contributed by atoms with Crippen molar-refractivity contribution in [1.82, 2.24) is 0 Å². The first-order valence-corrected chi connectivity index (χ1v) is 8.49. The Morgan fingerprint density at radius 3 is 2.35 bits per heavy atom. The molecule has 1 aromatic carbocycles. The molecule has 0 radical (unpaired) electrons. The molecule has 0 aliphatic heterocycles. The van der Waals surface area contributed by atoms with Gasteiger partial charge in [-0.05, 0) is 30.7 Å². The number of sulfone groups is 1. The van der Waals surface area contributed by atoms with Crippen LogP contribution in [0.4, 0.5) is 0 Å². The van der Waals surface area contributed by atoms with Crippen LogP contribution in [0.3, 0.4) is 0 Å². The van der Waals surface area contributed by atoms with Crippen LogP contribution in [-0.2, 0) is 9.84 Å². The van der Waals surface area contributed by atoms with Crippen molar-refractivity contribution in [3.05, 3.63) is 24.3 Å². The highest BCUT2D eigenvalue weighted by molar-refractivity contribution is 7.99. The zero-order valence-electron chi connectivity index (χ0n) is 10.2. The zero-order valence-corrected chi connectivity index (χ0v) is 11.9. The molecule has 0 amide bonds. The van der Waals surface area contributed by atoms with Gasteiger partial charge in [-0.3, -0.25) is 0 Å². The first-order valence-electron chi connectivity index (χ1n) is 5.62. The van der Waals surface area contributed by atoms with Gasteiger partial charge in [0.05, 0.1) is 4.90 Å². The molecule has 0 fully saturated rings. The van der Waals surface area contributed by atoms with E-state index in [1.165, 1.54) is 6.26 Å². The Balaban J connectivity index is 2.57. The van der Waals surface area contributed by atoms with E-state index in [0.29, 0.717) is 4.90 Å². The molecule has 1 atom stereocenters. The number of rotatable bonds is 6. The Morgan fingerprint density at radius 2 is 1.88 bits per heavy atom. The topological polar surface area (TPSA) is 60.2 Å². The molecule has 17 heavy (non-hydrogen) atoms. The Morgan fingerprint density at radius 1 is 1.29 bits per heavy atom. The van der Waals surface area contributed by atoms with Crippen molar-refractivity contribution in [2.45, 2.75) is 35.6 Å². The van der Waals surface area contributed by atoms with E-state index in [1.807, 2.05) is 12.1 Å². The predicted octanol–water partition coefficient (Wildman–Crippen LogP) is 2.31. The fourth-order valence-corrected chi connectivity index (χ4v) is 2.97. The monoisotopic (exact) mass is 273 g/mol. The molecule has 0 aliphatic rings. The van der Waals surface area contributed by atoms with Crippen LogP contribution in [0.15, 0.2) is 34.1 Å². The molecule has 0 spiro atoms. The number of benzene rings is 1. The lowest BCUT2D eigenvalue weighted by atomic mass is 10.2. The molecular weight excluding hydrogens is 254 g/mol. The fourth-order valence-electron chi connectivity index (χ4n) is 1.44. The third-order valence-electron chi connectivity index (χ3n) is 2.38. The van der Waals surface area contributed by atoms with Gasteiger partial charge in [0.2, 0.25) is 0 Å². The summed E-state index contributed by atoms with van der Waals surface area (Å²) in [5, 5.41) is 0. The molecule has 0 saturated heterocycles. The molecule has 2 N–H and O–H groups in total. The average molecular weight is 273 g/mol. The van der Waals surface area contributed by atoms with E-state index in [9.17, 15) is 8.42 Å². The highest BCUT2D eigenvalue weighted by Crippen LogP contribution is 2.21. The quantitative estimate of drug-likeness (QED) is 0.808. The first-order chi connectivity index (χ1) is 7.93. The number of hydrogen-bond acceptors (Lipinski definition) is 4. The van der Waals surface area contributed by atoms with E-state index >= 15 is 0 Å². The highest BCUT2D eigenvalue weighted by atomic mass is 32.2. The van der Waals surface area contributed by atoms with Gasteiger partial charge in [0.1, 0.15) is 0 Å². The van der Waals surface area contributed by atoms with E-state index < -0.39 is 9.84 Å². The van der Waals surface area contributed by atoms with Crippen molar-refractivity contribution < 1.29 is 8.42 Å². The maximum atomic E-state index is 11.3. The molecule has 1 aromatic rings. The molecular formula is C12H19NO2S2. The lowest BCUT2D eigenvalue weighted by Gasteiger charge is -2.09. The van der Waals surface area contributed by atoms with Crippen molar-refractivity contribution in [2.75, 3.05) is 12.0 Å². The second kappa shape index (κ2) is 6.42. The van der Waals surface area contributed by atoms with Gasteiger partial charge in [0, 0.05) is 22.9 Å². The van der Waals surface area contributed by atoms with Gasteiger partial charge in [-0.1, -0.05) is 13.3 Å². The van der Waals surface area contributed by atoms with Gasteiger partial charge in [-0.2, -0.15) is 0 Å². The molecule has 0 aromatic heterocycles. The van der Waals surface area contributed by atoms with Gasteiger partial charge >= 0.3 is 0 Å². The molecule has 0 saturated carbocycles. The van der Waals surface area contributed by atoms with E-state index in [0.717, 1.165) is 23.5 Å². The summed E-state index contributed by atoms with van der Waals surface area (Å²) in [7, 11) is -3.09. The molecule has 1 rings (SSSR count). The van der Waals surface area contributed by atoms with Crippen LogP contribution in [0, 0.1) is 0 Å². The summed E-state index contributed by atoms with van der Waals surface area (Å²) >= 11 is 1.67. The minimum atomic E-state index is -3.09. The molecule has 96 valence electrons. The van der Waals surface area contributed by atoms with Crippen LogP contribution in [-0.4, -0.2) is 26.5 Å². The van der Waals surface area contributed by atoms with Gasteiger partial charge in [-0.15, -0.1) is 11.8 Å². The minimum Gasteiger partial charge on any atom is -0.327 e. The summed E-state index contributed by atoms with van der Waals surface area (Å²) in [4.78, 5) is 1.42. The van der Waals surface area contributed by atoms with Crippen molar-refractivity contribution in [3.8, 4) is 0 Å². The highest BCUT2D eigenvalue weighted by Gasteiger charge is 2.07. The van der Waals surface area contributed by atoms with Crippen LogP contribution in [0.25, 0.3) is 0 Å². The van der Waals surface area contributed by atoms with E-state index in [-0.39, 0.29) is 6.04 Å². The summed E-state index contributed by atoms with van der Waals surface area (Å²) in [6, 6.07) is 7.16. The van der Waals surface area contributed by atoms with E-state index in [1.54, 1.807) is 23.9 Å². The van der Waals surface area contributed by atoms with Crippen molar-refractivity contribution >= 4 is 21.6 Å². The van der Waals surface area contributed by atoms with Crippen molar-refractivity contribution in [3.63, 3.8) is 0 Å². The Kier molecular flexibility index (Phi) is 5.49. The maximum Gasteiger partial charge on any atom is 0.175 e. The molecule has 0 aliphatic carbocycles. The number of nitrogens with two attached hydrogens (primary N) is 1. The molecule has 3 nitrogen and oxygen atoms in total. The summed E-state index contributed by atoms with van der Waals surface area (Å²) < 4.78 is 22.5. The maximum absolute atomic E-state index is 11.3. The molecule has 0 heterocycles. The first kappa shape index (κ1) is 14.5. The fraction of sp³-hybridized carbons (Fsp3) is 0.500. The lowest BCUT2D eigenvalue weighted by Crippen LogP contribution is -2.22.